The maximum Gasteiger partial charge on any atom is 0.237 e. The van der Waals surface area contributed by atoms with Gasteiger partial charge < -0.3 is 9.88 Å². The zero-order valence-electron chi connectivity index (χ0n) is 14.3. The summed E-state index contributed by atoms with van der Waals surface area (Å²) in [6.45, 7) is 6.29. The third-order valence-electron chi connectivity index (χ3n) is 3.86. The average Bonchev–Trinajstić information content (AvgIpc) is 3.00. The fourth-order valence-corrected chi connectivity index (χ4v) is 3.47. The van der Waals surface area contributed by atoms with Crippen LogP contribution in [0.15, 0.2) is 66.3 Å². The Bertz CT molecular complexity index is 985. The Kier molecular flexibility index (Phi) is 5.40. The van der Waals surface area contributed by atoms with Crippen LogP contribution in [0, 0.1) is 11.3 Å². The number of carbonyl (C=O) groups is 1. The predicted octanol–water partition coefficient (Wildman–Crippen LogP) is 4.21. The van der Waals surface area contributed by atoms with E-state index in [2.05, 4.69) is 27.5 Å². The standard InChI is InChI=1S/C20H18N4OS/c1-3-12-24-18-7-5-4-6-17(18)23-20(24)26-14(2)19(25)22-16-10-8-15(13-21)9-11-16/h3-11,14H,1,12H2,2H3,(H,22,25). The second-order valence-corrected chi connectivity index (χ2v) is 7.03. The van der Waals surface area contributed by atoms with Crippen LogP contribution in [-0.4, -0.2) is 20.7 Å². The molecule has 0 aliphatic heterocycles. The van der Waals surface area contributed by atoms with Crippen LogP contribution in [0.25, 0.3) is 11.0 Å². The predicted molar refractivity (Wildman–Crippen MR) is 105 cm³/mol. The van der Waals surface area contributed by atoms with Crippen molar-refractivity contribution in [3.8, 4) is 6.07 Å². The third-order valence-corrected chi connectivity index (χ3v) is 4.95. The van der Waals surface area contributed by atoms with Crippen LogP contribution in [0.2, 0.25) is 0 Å². The van der Waals surface area contributed by atoms with Crippen LogP contribution in [0.3, 0.4) is 0 Å². The number of aromatic nitrogens is 2. The Labute approximate surface area is 156 Å². The number of amides is 1. The molecule has 0 bridgehead atoms. The fourth-order valence-electron chi connectivity index (χ4n) is 2.53. The van der Waals surface area contributed by atoms with Gasteiger partial charge in [0.25, 0.3) is 0 Å². The number of benzene rings is 2. The first-order valence-electron chi connectivity index (χ1n) is 8.16. The number of carbonyl (C=O) groups excluding carboxylic acids is 1. The molecule has 3 aromatic rings. The Morgan fingerprint density at radius 1 is 1.35 bits per heavy atom. The van der Waals surface area contributed by atoms with E-state index in [1.54, 1.807) is 24.3 Å². The number of fused-ring (bicyclic) bond motifs is 1. The van der Waals surface area contributed by atoms with Crippen molar-refractivity contribution in [2.75, 3.05) is 5.32 Å². The van der Waals surface area contributed by atoms with Gasteiger partial charge in [0.1, 0.15) is 0 Å². The summed E-state index contributed by atoms with van der Waals surface area (Å²) in [4.78, 5) is 17.1. The van der Waals surface area contributed by atoms with E-state index < -0.39 is 0 Å². The van der Waals surface area contributed by atoms with Crippen molar-refractivity contribution in [1.82, 2.24) is 9.55 Å². The highest BCUT2D eigenvalue weighted by Crippen LogP contribution is 2.28. The lowest BCUT2D eigenvalue weighted by atomic mass is 10.2. The first-order chi connectivity index (χ1) is 12.6. The number of imidazole rings is 1. The van der Waals surface area contributed by atoms with Gasteiger partial charge in [-0.05, 0) is 43.3 Å². The zero-order valence-corrected chi connectivity index (χ0v) is 15.2. The summed E-state index contributed by atoms with van der Waals surface area (Å²) < 4.78 is 2.05. The molecule has 0 saturated carbocycles. The monoisotopic (exact) mass is 362 g/mol. The largest absolute Gasteiger partial charge is 0.325 e. The molecule has 1 atom stereocenters. The molecule has 0 aliphatic carbocycles. The summed E-state index contributed by atoms with van der Waals surface area (Å²) >= 11 is 1.41. The van der Waals surface area contributed by atoms with Gasteiger partial charge in [-0.1, -0.05) is 30.0 Å². The van der Waals surface area contributed by atoms with E-state index in [9.17, 15) is 4.79 Å². The Balaban J connectivity index is 1.76. The first kappa shape index (κ1) is 17.8. The number of nitrogens with zero attached hydrogens (tertiary/aromatic N) is 3. The molecular weight excluding hydrogens is 344 g/mol. The second kappa shape index (κ2) is 7.89. The van der Waals surface area contributed by atoms with E-state index in [4.69, 9.17) is 5.26 Å². The smallest absolute Gasteiger partial charge is 0.237 e. The highest BCUT2D eigenvalue weighted by Gasteiger charge is 2.19. The van der Waals surface area contributed by atoms with E-state index in [1.165, 1.54) is 11.8 Å². The molecule has 1 heterocycles. The molecule has 2 aromatic carbocycles. The number of para-hydroxylation sites is 2. The molecule has 3 rings (SSSR count). The molecule has 26 heavy (non-hydrogen) atoms. The normalized spacial score (nSPS) is 11.7. The molecule has 1 amide bonds. The van der Waals surface area contributed by atoms with Gasteiger partial charge in [-0.2, -0.15) is 5.26 Å². The van der Waals surface area contributed by atoms with Gasteiger partial charge >= 0.3 is 0 Å². The van der Waals surface area contributed by atoms with E-state index in [1.807, 2.05) is 37.3 Å². The third kappa shape index (κ3) is 3.79. The van der Waals surface area contributed by atoms with Gasteiger partial charge in [0.15, 0.2) is 5.16 Å². The van der Waals surface area contributed by atoms with E-state index in [-0.39, 0.29) is 11.2 Å². The molecule has 1 unspecified atom stereocenters. The quantitative estimate of drug-likeness (QED) is 0.527. The lowest BCUT2D eigenvalue weighted by Gasteiger charge is -2.13. The number of nitrogens with one attached hydrogen (secondary N) is 1. The molecule has 130 valence electrons. The van der Waals surface area contributed by atoms with Crippen molar-refractivity contribution in [3.63, 3.8) is 0 Å². The lowest BCUT2D eigenvalue weighted by molar-refractivity contribution is -0.115. The summed E-state index contributed by atoms with van der Waals surface area (Å²) in [5.74, 6) is -0.114. The Hall–Kier alpha value is -3.04. The van der Waals surface area contributed by atoms with Crippen LogP contribution in [-0.2, 0) is 11.3 Å². The van der Waals surface area contributed by atoms with E-state index in [0.717, 1.165) is 16.2 Å². The minimum atomic E-state index is -0.328. The second-order valence-electron chi connectivity index (χ2n) is 5.72. The van der Waals surface area contributed by atoms with Crippen LogP contribution in [0.5, 0.6) is 0 Å². The van der Waals surface area contributed by atoms with Crippen LogP contribution in [0.4, 0.5) is 5.69 Å². The molecule has 0 saturated heterocycles. The molecule has 0 spiro atoms. The van der Waals surface area contributed by atoms with Crippen molar-refractivity contribution < 1.29 is 4.79 Å². The molecule has 0 radical (unpaired) electrons. The molecule has 0 aliphatic rings. The first-order valence-corrected chi connectivity index (χ1v) is 9.04. The van der Waals surface area contributed by atoms with Gasteiger partial charge in [0.05, 0.1) is 27.9 Å². The number of anilines is 1. The molecule has 1 aromatic heterocycles. The van der Waals surface area contributed by atoms with Crippen LogP contribution < -0.4 is 5.32 Å². The van der Waals surface area contributed by atoms with Crippen molar-refractivity contribution in [2.45, 2.75) is 23.9 Å². The fraction of sp³-hybridized carbons (Fsp3) is 0.150. The van der Waals surface area contributed by atoms with Gasteiger partial charge in [-0.3, -0.25) is 4.79 Å². The molecular formula is C20H18N4OS. The minimum absolute atomic E-state index is 0.114. The van der Waals surface area contributed by atoms with Crippen LogP contribution >= 0.6 is 11.8 Å². The Morgan fingerprint density at radius 3 is 2.77 bits per heavy atom. The lowest BCUT2D eigenvalue weighted by Crippen LogP contribution is -2.22. The minimum Gasteiger partial charge on any atom is -0.325 e. The van der Waals surface area contributed by atoms with E-state index >= 15 is 0 Å². The summed E-state index contributed by atoms with van der Waals surface area (Å²) in [7, 11) is 0. The number of hydrogen-bond acceptors (Lipinski definition) is 4. The summed E-state index contributed by atoms with van der Waals surface area (Å²) in [5, 5.41) is 12.2. The highest BCUT2D eigenvalue weighted by molar-refractivity contribution is 8.00. The molecule has 6 heteroatoms. The summed E-state index contributed by atoms with van der Waals surface area (Å²) in [6.07, 6.45) is 1.82. The van der Waals surface area contributed by atoms with Crippen molar-refractivity contribution in [2.24, 2.45) is 0 Å². The van der Waals surface area contributed by atoms with Gasteiger partial charge in [-0.25, -0.2) is 4.98 Å². The van der Waals surface area contributed by atoms with E-state index in [0.29, 0.717) is 17.8 Å². The van der Waals surface area contributed by atoms with Gasteiger partial charge in [0.2, 0.25) is 5.91 Å². The number of allylic oxidation sites excluding steroid dienone is 1. The van der Waals surface area contributed by atoms with Crippen molar-refractivity contribution in [1.29, 1.82) is 5.26 Å². The number of thioether (sulfide) groups is 1. The Morgan fingerprint density at radius 2 is 2.08 bits per heavy atom. The molecule has 1 N–H and O–H groups in total. The molecule has 5 nitrogen and oxygen atoms in total. The van der Waals surface area contributed by atoms with Gasteiger partial charge in [-0.15, -0.1) is 6.58 Å². The summed E-state index contributed by atoms with van der Waals surface area (Å²) in [6, 6.07) is 16.7. The number of hydrogen-bond donors (Lipinski definition) is 1. The van der Waals surface area contributed by atoms with Crippen LogP contribution in [0.1, 0.15) is 12.5 Å². The topological polar surface area (TPSA) is 70.7 Å². The summed E-state index contributed by atoms with van der Waals surface area (Å²) in [5.41, 5.74) is 3.15. The maximum atomic E-state index is 12.5. The highest BCUT2D eigenvalue weighted by atomic mass is 32.2. The van der Waals surface area contributed by atoms with Crippen molar-refractivity contribution >= 4 is 34.4 Å². The maximum absolute atomic E-state index is 12.5. The van der Waals surface area contributed by atoms with Gasteiger partial charge in [0, 0.05) is 12.2 Å². The zero-order chi connectivity index (χ0) is 18.5. The number of rotatable bonds is 6. The molecule has 0 fully saturated rings. The average molecular weight is 362 g/mol. The van der Waals surface area contributed by atoms with Crippen molar-refractivity contribution in [3.05, 3.63) is 66.7 Å². The number of nitriles is 1. The SMILES string of the molecule is C=CCn1c(SC(C)C(=O)Nc2ccc(C#N)cc2)nc2ccccc21.